The van der Waals surface area contributed by atoms with Gasteiger partial charge in [-0.25, -0.2) is 4.79 Å². The zero-order valence-corrected chi connectivity index (χ0v) is 12.6. The zero-order chi connectivity index (χ0) is 16.3. The van der Waals surface area contributed by atoms with Gasteiger partial charge in [0.2, 0.25) is 5.91 Å². The summed E-state index contributed by atoms with van der Waals surface area (Å²) in [5.41, 5.74) is 0.570. The number of carbonyl (C=O) groups is 2. The van der Waals surface area contributed by atoms with Crippen molar-refractivity contribution in [3.63, 3.8) is 0 Å². The van der Waals surface area contributed by atoms with E-state index < -0.39 is 23.7 Å². The van der Waals surface area contributed by atoms with Crippen molar-refractivity contribution in [3.05, 3.63) is 46.3 Å². The molecule has 2 amide bonds. The molecule has 1 aromatic heterocycles. The van der Waals surface area contributed by atoms with Gasteiger partial charge >= 0.3 is 5.63 Å². The first kappa shape index (κ1) is 14.1. The van der Waals surface area contributed by atoms with Crippen LogP contribution in [0.25, 0.3) is 11.0 Å². The smallest absolute Gasteiger partial charge is 0.336 e. The Bertz CT molecular complexity index is 889. The quantitative estimate of drug-likeness (QED) is 0.569. The highest BCUT2D eigenvalue weighted by atomic mass is 16.7. The lowest BCUT2D eigenvalue weighted by Crippen LogP contribution is -2.33. The topological polar surface area (TPSA) is 80.1 Å². The van der Waals surface area contributed by atoms with Crippen molar-refractivity contribution in [2.75, 3.05) is 14.1 Å². The van der Waals surface area contributed by atoms with Gasteiger partial charge in [-0.15, -0.1) is 0 Å². The maximum absolute atomic E-state index is 12.4. The second kappa shape index (κ2) is 4.74. The van der Waals surface area contributed by atoms with Gasteiger partial charge in [-0.3, -0.25) is 19.3 Å². The molecule has 0 N–H and O–H groups in total. The summed E-state index contributed by atoms with van der Waals surface area (Å²) >= 11 is 0. The molecular formula is C16H14N2O5. The molecule has 0 spiro atoms. The van der Waals surface area contributed by atoms with E-state index in [1.54, 1.807) is 19.2 Å². The number of likely N-dealkylation sites (N-methyl/N-ethyl adjacent to an activating group) is 1. The van der Waals surface area contributed by atoms with Crippen LogP contribution in [0.15, 0.2) is 39.5 Å². The second-order valence-electron chi connectivity index (χ2n) is 5.80. The number of fused-ring (bicyclic) bond motifs is 2. The Morgan fingerprint density at radius 3 is 2.57 bits per heavy atom. The first-order valence-electron chi connectivity index (χ1n) is 7.23. The average Bonchev–Trinajstić information content (AvgIpc) is 2.97. The van der Waals surface area contributed by atoms with Gasteiger partial charge in [0, 0.05) is 25.5 Å². The number of carbonyl (C=O) groups excluding carboxylic acids is 2. The molecule has 7 nitrogen and oxygen atoms in total. The van der Waals surface area contributed by atoms with Crippen LogP contribution in [-0.4, -0.2) is 42.0 Å². The number of rotatable bonds is 1. The van der Waals surface area contributed by atoms with Crippen LogP contribution in [0.3, 0.4) is 0 Å². The van der Waals surface area contributed by atoms with Crippen molar-refractivity contribution >= 4 is 22.8 Å². The number of para-hydroxylation sites is 1. The maximum atomic E-state index is 12.4. The van der Waals surface area contributed by atoms with E-state index >= 15 is 0 Å². The predicted molar refractivity (Wildman–Crippen MR) is 79.1 cm³/mol. The van der Waals surface area contributed by atoms with E-state index in [4.69, 9.17) is 9.25 Å². The largest absolute Gasteiger partial charge is 0.423 e. The monoisotopic (exact) mass is 314 g/mol. The van der Waals surface area contributed by atoms with E-state index in [1.807, 2.05) is 12.1 Å². The molecule has 0 bridgehead atoms. The number of hydroxylamine groups is 2. The molecule has 2 aromatic rings. The number of hydrogen-bond acceptors (Lipinski definition) is 6. The van der Waals surface area contributed by atoms with Crippen molar-refractivity contribution in [1.29, 1.82) is 0 Å². The number of benzene rings is 1. The Balaban J connectivity index is 1.92. The van der Waals surface area contributed by atoms with E-state index in [0.717, 1.165) is 10.3 Å². The van der Waals surface area contributed by atoms with Crippen molar-refractivity contribution < 1.29 is 18.8 Å². The van der Waals surface area contributed by atoms with Crippen LogP contribution < -0.4 is 5.63 Å². The predicted octanol–water partition coefficient (Wildman–Crippen LogP) is 0.694. The minimum Gasteiger partial charge on any atom is -0.423 e. The summed E-state index contributed by atoms with van der Waals surface area (Å²) in [5, 5.41) is 2.21. The fourth-order valence-corrected chi connectivity index (χ4v) is 3.46. The summed E-state index contributed by atoms with van der Waals surface area (Å²) in [6.45, 7) is 0. The molecule has 3 unspecified atom stereocenters. The van der Waals surface area contributed by atoms with Crippen molar-refractivity contribution in [1.82, 2.24) is 9.96 Å². The Hall–Kier alpha value is -2.51. The third kappa shape index (κ3) is 1.87. The molecule has 4 rings (SSSR count). The third-order valence-electron chi connectivity index (χ3n) is 4.53. The van der Waals surface area contributed by atoms with Gasteiger partial charge in [-0.2, -0.15) is 5.06 Å². The minimum absolute atomic E-state index is 0.299. The Morgan fingerprint density at radius 2 is 1.78 bits per heavy atom. The Morgan fingerprint density at radius 1 is 1.04 bits per heavy atom. The fourth-order valence-electron chi connectivity index (χ4n) is 3.46. The van der Waals surface area contributed by atoms with Crippen LogP contribution >= 0.6 is 0 Å². The van der Waals surface area contributed by atoms with E-state index in [0.29, 0.717) is 11.1 Å². The molecule has 23 heavy (non-hydrogen) atoms. The minimum atomic E-state index is -0.839. The summed E-state index contributed by atoms with van der Waals surface area (Å²) in [6, 6.07) is 7.96. The van der Waals surface area contributed by atoms with Gasteiger partial charge in [-0.05, 0) is 11.6 Å². The highest BCUT2D eigenvalue weighted by Gasteiger charge is 2.58. The third-order valence-corrected chi connectivity index (χ3v) is 4.53. The van der Waals surface area contributed by atoms with Gasteiger partial charge in [0.15, 0.2) is 6.10 Å². The van der Waals surface area contributed by atoms with Crippen LogP contribution in [-0.2, 0) is 14.4 Å². The van der Waals surface area contributed by atoms with E-state index in [1.165, 1.54) is 18.2 Å². The van der Waals surface area contributed by atoms with Crippen molar-refractivity contribution in [3.8, 4) is 0 Å². The first-order chi connectivity index (χ1) is 11.0. The standard InChI is InChI=1S/C16H14N2O5/c1-17-15(20)12-13(18(2)23-14(12)16(17)21)9-7-11(19)22-10-6-4-3-5-8(9)10/h3-7,12-14H,1-2H3. The number of nitrogens with zero attached hydrogens (tertiary/aromatic N) is 2. The normalized spacial score (nSPS) is 27.9. The van der Waals surface area contributed by atoms with E-state index in [9.17, 15) is 14.4 Å². The van der Waals surface area contributed by atoms with Crippen LogP contribution in [0.5, 0.6) is 0 Å². The lowest BCUT2D eigenvalue weighted by atomic mass is 9.89. The summed E-state index contributed by atoms with van der Waals surface area (Å²) in [7, 11) is 3.10. The van der Waals surface area contributed by atoms with Gasteiger partial charge in [0.25, 0.3) is 5.91 Å². The number of likely N-dealkylation sites (tertiary alicyclic amines) is 1. The molecule has 2 aliphatic rings. The summed E-state index contributed by atoms with van der Waals surface area (Å²) in [5.74, 6) is -1.32. The molecule has 2 aliphatic heterocycles. The van der Waals surface area contributed by atoms with Crippen LogP contribution in [0.2, 0.25) is 0 Å². The van der Waals surface area contributed by atoms with Gasteiger partial charge < -0.3 is 4.42 Å². The highest BCUT2D eigenvalue weighted by molar-refractivity contribution is 6.07. The summed E-state index contributed by atoms with van der Waals surface area (Å²) < 4.78 is 5.20. The van der Waals surface area contributed by atoms with Crippen molar-refractivity contribution in [2.45, 2.75) is 12.1 Å². The Labute approximate surface area is 131 Å². The molecule has 118 valence electrons. The molecule has 3 heterocycles. The SMILES string of the molecule is CN1C(=O)C2ON(C)C(c3cc(=O)oc4ccccc34)C2C1=O. The van der Waals surface area contributed by atoms with Crippen molar-refractivity contribution in [2.24, 2.45) is 5.92 Å². The zero-order valence-electron chi connectivity index (χ0n) is 12.6. The van der Waals surface area contributed by atoms with E-state index in [2.05, 4.69) is 0 Å². The number of hydrogen-bond donors (Lipinski definition) is 0. The van der Waals surface area contributed by atoms with Crippen LogP contribution in [0.4, 0.5) is 0 Å². The molecule has 1 aromatic carbocycles. The van der Waals surface area contributed by atoms with Gasteiger partial charge in [0.05, 0.1) is 12.0 Å². The highest BCUT2D eigenvalue weighted by Crippen LogP contribution is 2.44. The van der Waals surface area contributed by atoms with Gasteiger partial charge in [0.1, 0.15) is 5.58 Å². The van der Waals surface area contributed by atoms with Crippen LogP contribution in [0.1, 0.15) is 11.6 Å². The summed E-state index contributed by atoms with van der Waals surface area (Å²) in [4.78, 5) is 43.1. The van der Waals surface area contributed by atoms with Crippen LogP contribution in [0, 0.1) is 5.92 Å². The number of imide groups is 1. The molecule has 2 fully saturated rings. The molecule has 3 atom stereocenters. The second-order valence-corrected chi connectivity index (χ2v) is 5.80. The molecule has 0 aliphatic carbocycles. The Kier molecular flexibility index (Phi) is 2.91. The molecular weight excluding hydrogens is 300 g/mol. The van der Waals surface area contributed by atoms with E-state index in [-0.39, 0.29) is 11.8 Å². The molecule has 0 saturated carbocycles. The maximum Gasteiger partial charge on any atom is 0.336 e. The first-order valence-corrected chi connectivity index (χ1v) is 7.23. The average molecular weight is 314 g/mol. The number of amides is 2. The molecule has 0 radical (unpaired) electrons. The fraction of sp³-hybridized carbons (Fsp3) is 0.312. The lowest BCUT2D eigenvalue weighted by Gasteiger charge is -2.23. The summed E-state index contributed by atoms with van der Waals surface area (Å²) in [6.07, 6.45) is -0.839. The molecule has 7 heteroatoms. The lowest BCUT2D eigenvalue weighted by molar-refractivity contribution is -0.168. The van der Waals surface area contributed by atoms with Gasteiger partial charge in [-0.1, -0.05) is 18.2 Å². The molecule has 2 saturated heterocycles.